The number of carbonyl (C=O) groups excluding carboxylic acids is 1. The number of thioether (sulfide) groups is 1. The number of halogens is 1. The Bertz CT molecular complexity index is 1450. The summed E-state index contributed by atoms with van der Waals surface area (Å²) in [7, 11) is 0. The van der Waals surface area contributed by atoms with Crippen molar-refractivity contribution in [2.75, 3.05) is 18.5 Å². The van der Waals surface area contributed by atoms with Crippen LogP contribution in [0, 0.1) is 5.82 Å². The van der Waals surface area contributed by atoms with Crippen LogP contribution in [-0.4, -0.2) is 40.1 Å². The van der Waals surface area contributed by atoms with Crippen LogP contribution >= 0.6 is 11.8 Å². The lowest BCUT2D eigenvalue weighted by Gasteiger charge is -2.30. The molecule has 0 amide bonds. The smallest absolute Gasteiger partial charge is 0.338 e. The minimum atomic E-state index is -0.601. The predicted molar refractivity (Wildman–Crippen MR) is 171 cm³/mol. The van der Waals surface area contributed by atoms with Gasteiger partial charge in [0.25, 0.3) is 0 Å². The predicted octanol–water partition coefficient (Wildman–Crippen LogP) is 8.23. The summed E-state index contributed by atoms with van der Waals surface area (Å²) in [5.41, 5.74) is 2.53. The van der Waals surface area contributed by atoms with Crippen molar-refractivity contribution >= 4 is 23.7 Å². The van der Waals surface area contributed by atoms with Crippen molar-refractivity contribution in [1.29, 1.82) is 0 Å². The molecule has 3 aromatic rings. The maximum absolute atomic E-state index is 14.3. The Morgan fingerprint density at radius 3 is 2.64 bits per heavy atom. The van der Waals surface area contributed by atoms with Crippen LogP contribution in [0.5, 0.6) is 11.5 Å². The van der Waals surface area contributed by atoms with E-state index in [1.807, 2.05) is 38.1 Å². The maximum atomic E-state index is 14.3. The molecule has 236 valence electrons. The van der Waals surface area contributed by atoms with E-state index in [0.717, 1.165) is 44.1 Å². The van der Waals surface area contributed by atoms with Crippen LogP contribution in [0.15, 0.2) is 58.9 Å². The van der Waals surface area contributed by atoms with Gasteiger partial charge in [0.2, 0.25) is 11.1 Å². The van der Waals surface area contributed by atoms with Crippen molar-refractivity contribution in [2.45, 2.75) is 102 Å². The first-order valence-electron chi connectivity index (χ1n) is 15.9. The molecule has 2 aromatic carbocycles. The summed E-state index contributed by atoms with van der Waals surface area (Å²) >= 11 is 1.34. The second kappa shape index (κ2) is 15.5. The van der Waals surface area contributed by atoms with E-state index in [4.69, 9.17) is 24.3 Å². The normalized spacial score (nSPS) is 16.8. The van der Waals surface area contributed by atoms with Crippen molar-refractivity contribution in [3.05, 3.63) is 70.7 Å². The van der Waals surface area contributed by atoms with Crippen LogP contribution in [0.3, 0.4) is 0 Å². The van der Waals surface area contributed by atoms with Gasteiger partial charge >= 0.3 is 5.97 Å². The first-order chi connectivity index (χ1) is 21.5. The number of benzene rings is 2. The summed E-state index contributed by atoms with van der Waals surface area (Å²) < 4.78 is 34.3. The molecule has 2 heterocycles. The van der Waals surface area contributed by atoms with Crippen molar-refractivity contribution in [1.82, 2.24) is 14.8 Å². The second-order valence-electron chi connectivity index (χ2n) is 11.3. The third-order valence-corrected chi connectivity index (χ3v) is 8.92. The zero-order chi connectivity index (χ0) is 30.9. The van der Waals surface area contributed by atoms with Crippen molar-refractivity contribution in [2.24, 2.45) is 0 Å². The van der Waals surface area contributed by atoms with Gasteiger partial charge in [-0.15, -0.1) is 5.10 Å². The van der Waals surface area contributed by atoms with E-state index in [-0.39, 0.29) is 17.9 Å². The molecule has 1 aliphatic heterocycles. The largest absolute Gasteiger partial charge is 0.490 e. The zero-order valence-corrected chi connectivity index (χ0v) is 26.8. The van der Waals surface area contributed by atoms with Gasteiger partial charge < -0.3 is 19.5 Å². The molecule has 1 aliphatic carbocycles. The number of carbonyl (C=O) groups is 1. The van der Waals surface area contributed by atoms with Gasteiger partial charge in [-0.2, -0.15) is 4.98 Å². The number of allylic oxidation sites excluding steroid dienone is 1. The molecule has 0 radical (unpaired) electrons. The molecule has 0 saturated heterocycles. The average Bonchev–Trinajstić information content (AvgIpc) is 3.43. The SMILES string of the molecule is CCCCCCOc1ccc(C2C(C(=O)OC3CCCCC3)=C(C)Nc3nc(SCc4ccccc4F)nn32)cc1OCC. The van der Waals surface area contributed by atoms with E-state index in [1.54, 1.807) is 16.8 Å². The number of ether oxygens (including phenoxy) is 3. The molecule has 8 nitrogen and oxygen atoms in total. The van der Waals surface area contributed by atoms with Gasteiger partial charge in [-0.25, -0.2) is 13.9 Å². The van der Waals surface area contributed by atoms with Crippen LogP contribution in [-0.2, 0) is 15.3 Å². The van der Waals surface area contributed by atoms with Gasteiger partial charge in [-0.05, 0) is 75.3 Å². The summed E-state index contributed by atoms with van der Waals surface area (Å²) in [4.78, 5) is 18.6. The van der Waals surface area contributed by atoms with Gasteiger partial charge in [0.05, 0.1) is 18.8 Å². The Morgan fingerprint density at radius 2 is 1.86 bits per heavy atom. The summed E-state index contributed by atoms with van der Waals surface area (Å²) in [6.07, 6.45) is 9.40. The quantitative estimate of drug-likeness (QED) is 0.109. The number of hydrogen-bond acceptors (Lipinski definition) is 8. The lowest BCUT2D eigenvalue weighted by Crippen LogP contribution is -2.32. The van der Waals surface area contributed by atoms with E-state index in [0.29, 0.717) is 58.4 Å². The van der Waals surface area contributed by atoms with E-state index >= 15 is 0 Å². The first kappa shape index (κ1) is 31.9. The lowest BCUT2D eigenvalue weighted by atomic mass is 9.94. The fourth-order valence-corrected chi connectivity index (χ4v) is 6.53. The summed E-state index contributed by atoms with van der Waals surface area (Å²) in [5.74, 6) is 1.55. The highest BCUT2D eigenvalue weighted by atomic mass is 32.2. The lowest BCUT2D eigenvalue weighted by molar-refractivity contribution is -0.146. The number of fused-ring (bicyclic) bond motifs is 1. The van der Waals surface area contributed by atoms with Crippen molar-refractivity contribution in [3.8, 4) is 11.5 Å². The Hall–Kier alpha value is -3.53. The molecular weight excluding hydrogens is 579 g/mol. The van der Waals surface area contributed by atoms with Gasteiger partial charge in [0.1, 0.15) is 18.0 Å². The van der Waals surface area contributed by atoms with Gasteiger partial charge in [0.15, 0.2) is 11.5 Å². The Labute approximate surface area is 263 Å². The first-order valence-corrected chi connectivity index (χ1v) is 16.9. The maximum Gasteiger partial charge on any atom is 0.338 e. The second-order valence-corrected chi connectivity index (χ2v) is 12.3. The number of nitrogens with zero attached hydrogens (tertiary/aromatic N) is 3. The van der Waals surface area contributed by atoms with Gasteiger partial charge in [0, 0.05) is 11.4 Å². The summed E-state index contributed by atoms with van der Waals surface area (Å²) in [6.45, 7) is 7.08. The highest BCUT2D eigenvalue weighted by Gasteiger charge is 2.37. The third kappa shape index (κ3) is 7.75. The molecule has 1 aromatic heterocycles. The highest BCUT2D eigenvalue weighted by molar-refractivity contribution is 7.98. The number of anilines is 1. The van der Waals surface area contributed by atoms with Crippen LogP contribution in [0.2, 0.25) is 0 Å². The number of rotatable bonds is 14. The van der Waals surface area contributed by atoms with Gasteiger partial charge in [-0.3, -0.25) is 0 Å². The molecule has 44 heavy (non-hydrogen) atoms. The van der Waals surface area contributed by atoms with Gasteiger partial charge in [-0.1, -0.05) is 68.6 Å². The monoisotopic (exact) mass is 622 g/mol. The number of unbranched alkanes of at least 4 members (excludes halogenated alkanes) is 3. The minimum absolute atomic E-state index is 0.0938. The summed E-state index contributed by atoms with van der Waals surface area (Å²) in [5, 5.41) is 8.57. The molecule has 0 bridgehead atoms. The van der Waals surface area contributed by atoms with E-state index in [1.165, 1.54) is 37.1 Å². The molecule has 1 saturated carbocycles. The van der Waals surface area contributed by atoms with Crippen LogP contribution in [0.4, 0.5) is 10.3 Å². The molecule has 0 spiro atoms. The number of nitrogens with one attached hydrogen (secondary N) is 1. The molecule has 2 aliphatic rings. The molecule has 10 heteroatoms. The molecule has 1 N–H and O–H groups in total. The molecular formula is C34H43FN4O4S. The molecule has 1 fully saturated rings. The van der Waals surface area contributed by atoms with E-state index < -0.39 is 6.04 Å². The topological polar surface area (TPSA) is 87.5 Å². The number of esters is 1. The zero-order valence-electron chi connectivity index (χ0n) is 25.9. The fourth-order valence-electron chi connectivity index (χ4n) is 5.71. The molecule has 1 unspecified atom stereocenters. The Morgan fingerprint density at radius 1 is 1.05 bits per heavy atom. The van der Waals surface area contributed by atoms with Crippen LogP contribution in [0.25, 0.3) is 0 Å². The summed E-state index contributed by atoms with van der Waals surface area (Å²) in [6, 6.07) is 11.9. The number of aromatic nitrogens is 3. The van der Waals surface area contributed by atoms with Crippen molar-refractivity contribution < 1.29 is 23.4 Å². The number of hydrogen-bond donors (Lipinski definition) is 1. The Kier molecular flexibility index (Phi) is 11.2. The van der Waals surface area contributed by atoms with Crippen LogP contribution in [0.1, 0.15) is 95.7 Å². The third-order valence-electron chi connectivity index (χ3n) is 8.03. The minimum Gasteiger partial charge on any atom is -0.490 e. The standard InChI is InChI=1S/C34H43FN4O4S/c1-4-6-7-13-20-42-28-19-18-24(21-29(28)41-5-2)31-30(32(40)43-26-15-9-8-10-16-26)23(3)36-33-37-34(38-39(31)33)44-22-25-14-11-12-17-27(25)35/h11-12,14,17-19,21,26,31H,4-10,13,15-16,20,22H2,1-3H3,(H,36,37,38). The molecule has 5 rings (SSSR count). The highest BCUT2D eigenvalue weighted by Crippen LogP contribution is 2.40. The van der Waals surface area contributed by atoms with Crippen LogP contribution < -0.4 is 14.8 Å². The van der Waals surface area contributed by atoms with E-state index in [9.17, 15) is 9.18 Å². The van der Waals surface area contributed by atoms with Crippen molar-refractivity contribution in [3.63, 3.8) is 0 Å². The Balaban J connectivity index is 1.46. The molecule has 1 atom stereocenters. The fraction of sp³-hybridized carbons (Fsp3) is 0.500. The van der Waals surface area contributed by atoms with E-state index in [2.05, 4.69) is 12.2 Å². The average molecular weight is 623 g/mol.